The molecule has 0 unspecified atom stereocenters. The van der Waals surface area contributed by atoms with Crippen LogP contribution in [0.25, 0.3) is 0 Å². The molecule has 1 fully saturated rings. The van der Waals surface area contributed by atoms with Crippen LogP contribution in [0.15, 0.2) is 78.9 Å². The summed E-state index contributed by atoms with van der Waals surface area (Å²) in [5.74, 6) is -1.63. The van der Waals surface area contributed by atoms with Crippen LogP contribution in [0.3, 0.4) is 0 Å². The number of hydrogen-bond donors (Lipinski definition) is 2. The molecule has 38 heavy (non-hydrogen) atoms. The molecule has 2 aliphatic rings. The maximum Gasteiger partial charge on any atom is 0.255 e. The first kappa shape index (κ1) is 25.4. The molecule has 7 nitrogen and oxygen atoms in total. The van der Waals surface area contributed by atoms with E-state index in [0.717, 1.165) is 17.2 Å². The Balaban J connectivity index is 1.48. The molecular formula is C30H30FN3O4. The van der Waals surface area contributed by atoms with E-state index in [-0.39, 0.29) is 61.3 Å². The summed E-state index contributed by atoms with van der Waals surface area (Å²) in [6, 6.07) is 22.3. The van der Waals surface area contributed by atoms with Crippen molar-refractivity contribution in [3.63, 3.8) is 0 Å². The number of rotatable bonds is 3. The van der Waals surface area contributed by atoms with E-state index in [9.17, 15) is 18.8 Å². The number of carbonyl (C=O) groups excluding carboxylic acids is 3. The van der Waals surface area contributed by atoms with Crippen molar-refractivity contribution < 1.29 is 23.5 Å². The van der Waals surface area contributed by atoms with Gasteiger partial charge in [-0.05, 0) is 42.2 Å². The van der Waals surface area contributed by atoms with Gasteiger partial charge in [0.1, 0.15) is 18.2 Å². The second-order valence-electron chi connectivity index (χ2n) is 9.64. The summed E-state index contributed by atoms with van der Waals surface area (Å²) in [6.07, 6.45) is 1.43. The Bertz CT molecular complexity index is 1260. The van der Waals surface area contributed by atoms with Gasteiger partial charge in [0.25, 0.3) is 5.91 Å². The van der Waals surface area contributed by atoms with Crippen molar-refractivity contribution in [3.8, 4) is 5.75 Å². The number of amides is 3. The SMILES string of the molecule is O=C1C[C@@H]2CC[C@H](CNC(=O)c3cc(F)ccc3OCCN1)N2C(=O)C(c1ccccc1)c1ccccc1. The van der Waals surface area contributed by atoms with E-state index in [0.29, 0.717) is 12.8 Å². The van der Waals surface area contributed by atoms with Crippen molar-refractivity contribution in [3.05, 3.63) is 101 Å². The zero-order valence-electron chi connectivity index (χ0n) is 20.9. The second-order valence-corrected chi connectivity index (χ2v) is 9.64. The molecule has 2 bridgehead atoms. The van der Waals surface area contributed by atoms with E-state index in [1.807, 2.05) is 60.7 Å². The molecule has 1 saturated heterocycles. The third-order valence-electron chi connectivity index (χ3n) is 7.17. The van der Waals surface area contributed by atoms with Gasteiger partial charge in [0.05, 0.1) is 18.0 Å². The maximum atomic E-state index is 14.3. The fourth-order valence-electron chi connectivity index (χ4n) is 5.39. The van der Waals surface area contributed by atoms with Gasteiger partial charge in [0, 0.05) is 25.0 Å². The fraction of sp³-hybridized carbons (Fsp3) is 0.300. The molecule has 3 aromatic rings. The molecule has 0 aromatic heterocycles. The van der Waals surface area contributed by atoms with Crippen LogP contribution in [0.5, 0.6) is 5.75 Å². The van der Waals surface area contributed by atoms with Gasteiger partial charge in [-0.2, -0.15) is 0 Å². The van der Waals surface area contributed by atoms with Crippen molar-refractivity contribution >= 4 is 17.7 Å². The summed E-state index contributed by atoms with van der Waals surface area (Å²) >= 11 is 0. The van der Waals surface area contributed by atoms with Crippen molar-refractivity contribution in [2.24, 2.45) is 0 Å². The van der Waals surface area contributed by atoms with Gasteiger partial charge >= 0.3 is 0 Å². The van der Waals surface area contributed by atoms with Gasteiger partial charge in [0.15, 0.2) is 0 Å². The molecule has 2 aliphatic heterocycles. The number of benzene rings is 3. The van der Waals surface area contributed by atoms with E-state index in [4.69, 9.17) is 4.74 Å². The summed E-state index contributed by atoms with van der Waals surface area (Å²) in [7, 11) is 0. The highest BCUT2D eigenvalue weighted by atomic mass is 19.1. The van der Waals surface area contributed by atoms with Crippen LogP contribution in [0, 0.1) is 5.82 Å². The highest BCUT2D eigenvalue weighted by Gasteiger charge is 2.41. The standard InChI is InChI=1S/C30H30FN3O4/c31-22-11-14-26-25(17-22)29(36)33-19-24-13-12-23(18-27(35)32-15-16-38-26)34(24)30(37)28(20-7-3-1-4-8-20)21-9-5-2-6-10-21/h1-11,14,17,23-24,28H,12-13,15-16,18-19H2,(H,32,35)(H,33,36)/t23-,24+/m0/s1. The Kier molecular flexibility index (Phi) is 7.67. The number of halogens is 1. The van der Waals surface area contributed by atoms with Gasteiger partial charge in [-0.3, -0.25) is 14.4 Å². The molecule has 2 heterocycles. The second kappa shape index (κ2) is 11.5. The average molecular weight is 516 g/mol. The highest BCUT2D eigenvalue weighted by molar-refractivity contribution is 5.97. The zero-order valence-corrected chi connectivity index (χ0v) is 20.9. The highest BCUT2D eigenvalue weighted by Crippen LogP contribution is 2.34. The van der Waals surface area contributed by atoms with E-state index in [2.05, 4.69) is 10.6 Å². The van der Waals surface area contributed by atoms with E-state index in [1.165, 1.54) is 12.1 Å². The Morgan fingerprint density at radius 3 is 2.24 bits per heavy atom. The van der Waals surface area contributed by atoms with E-state index >= 15 is 0 Å². The Morgan fingerprint density at radius 1 is 0.895 bits per heavy atom. The van der Waals surface area contributed by atoms with Crippen molar-refractivity contribution in [2.45, 2.75) is 37.3 Å². The Labute approximate surface area is 221 Å². The lowest BCUT2D eigenvalue weighted by atomic mass is 9.89. The van der Waals surface area contributed by atoms with Crippen LogP contribution in [0.4, 0.5) is 4.39 Å². The van der Waals surface area contributed by atoms with Crippen LogP contribution in [-0.4, -0.2) is 54.4 Å². The molecule has 5 rings (SSSR count). The molecular weight excluding hydrogens is 485 g/mol. The first-order valence-electron chi connectivity index (χ1n) is 12.9. The molecule has 196 valence electrons. The van der Waals surface area contributed by atoms with E-state index in [1.54, 1.807) is 4.90 Å². The van der Waals surface area contributed by atoms with Crippen LogP contribution < -0.4 is 15.4 Å². The topological polar surface area (TPSA) is 87.7 Å². The van der Waals surface area contributed by atoms with Gasteiger partial charge in [0.2, 0.25) is 11.8 Å². The lowest BCUT2D eigenvalue weighted by molar-refractivity contribution is -0.135. The third kappa shape index (κ3) is 5.54. The van der Waals surface area contributed by atoms with Gasteiger partial charge in [-0.15, -0.1) is 0 Å². The van der Waals surface area contributed by atoms with Gasteiger partial charge in [-0.1, -0.05) is 60.7 Å². The van der Waals surface area contributed by atoms with E-state index < -0.39 is 17.6 Å². The first-order chi connectivity index (χ1) is 18.5. The van der Waals surface area contributed by atoms with Crippen molar-refractivity contribution in [2.75, 3.05) is 19.7 Å². The number of ether oxygens (including phenoxy) is 1. The third-order valence-corrected chi connectivity index (χ3v) is 7.17. The number of nitrogens with zero attached hydrogens (tertiary/aromatic N) is 1. The predicted octanol–water partition coefficient (Wildman–Crippen LogP) is 3.65. The molecule has 0 spiro atoms. The lowest BCUT2D eigenvalue weighted by Gasteiger charge is -2.34. The maximum absolute atomic E-state index is 14.3. The minimum atomic E-state index is -0.554. The van der Waals surface area contributed by atoms with Crippen LogP contribution in [0.2, 0.25) is 0 Å². The first-order valence-corrected chi connectivity index (χ1v) is 12.9. The van der Waals surface area contributed by atoms with Crippen LogP contribution in [-0.2, 0) is 9.59 Å². The summed E-state index contributed by atoms with van der Waals surface area (Å²) in [4.78, 5) is 42.0. The summed E-state index contributed by atoms with van der Waals surface area (Å²) < 4.78 is 19.6. The van der Waals surface area contributed by atoms with Crippen LogP contribution >= 0.6 is 0 Å². The number of carbonyl (C=O) groups is 3. The van der Waals surface area contributed by atoms with Crippen molar-refractivity contribution in [1.82, 2.24) is 15.5 Å². The smallest absolute Gasteiger partial charge is 0.255 e. The molecule has 8 heteroatoms. The summed E-state index contributed by atoms with van der Waals surface area (Å²) in [5, 5.41) is 5.73. The van der Waals surface area contributed by atoms with Crippen molar-refractivity contribution in [1.29, 1.82) is 0 Å². The number of hydrogen-bond acceptors (Lipinski definition) is 4. The minimum absolute atomic E-state index is 0.0762. The molecule has 0 aliphatic carbocycles. The molecule has 3 aromatic carbocycles. The quantitative estimate of drug-likeness (QED) is 0.558. The van der Waals surface area contributed by atoms with Gasteiger partial charge < -0.3 is 20.3 Å². The van der Waals surface area contributed by atoms with Gasteiger partial charge in [-0.25, -0.2) is 4.39 Å². The molecule has 0 saturated carbocycles. The molecule has 3 amide bonds. The Hall–Kier alpha value is -4.20. The number of fused-ring (bicyclic) bond motifs is 3. The minimum Gasteiger partial charge on any atom is -0.491 e. The molecule has 2 atom stereocenters. The normalized spacial score (nSPS) is 20.1. The summed E-state index contributed by atoms with van der Waals surface area (Å²) in [6.45, 7) is 0.518. The molecule has 2 N–H and O–H groups in total. The lowest BCUT2D eigenvalue weighted by Crippen LogP contribution is -2.49. The zero-order chi connectivity index (χ0) is 26.5. The Morgan fingerprint density at radius 2 is 1.55 bits per heavy atom. The number of nitrogens with one attached hydrogen (secondary N) is 2. The predicted molar refractivity (Wildman–Crippen MR) is 140 cm³/mol. The monoisotopic (exact) mass is 515 g/mol. The summed E-state index contributed by atoms with van der Waals surface area (Å²) in [5.41, 5.74) is 1.79. The molecule has 0 radical (unpaired) electrons. The fourth-order valence-corrected chi connectivity index (χ4v) is 5.39. The van der Waals surface area contributed by atoms with Crippen LogP contribution in [0.1, 0.15) is 46.7 Å². The largest absolute Gasteiger partial charge is 0.491 e. The average Bonchev–Trinajstić information content (AvgIpc) is 3.33.